The maximum Gasteiger partial charge on any atom is 0.125 e. The molecule has 2 N–H and O–H groups in total. The lowest BCUT2D eigenvalue weighted by molar-refractivity contribution is 0.513. The van der Waals surface area contributed by atoms with Crippen molar-refractivity contribution in [2.45, 2.75) is 31.3 Å². The second-order valence-corrected chi connectivity index (χ2v) is 4.52. The van der Waals surface area contributed by atoms with Crippen molar-refractivity contribution < 1.29 is 4.39 Å². The molecule has 80 valence electrons. The van der Waals surface area contributed by atoms with Crippen LogP contribution < -0.4 is 10.6 Å². The molecule has 1 aromatic carbocycles. The van der Waals surface area contributed by atoms with Crippen LogP contribution in [0.4, 0.5) is 10.1 Å². The van der Waals surface area contributed by atoms with Gasteiger partial charge in [-0.15, -0.1) is 0 Å². The predicted octanol–water partition coefficient (Wildman–Crippen LogP) is 1.91. The van der Waals surface area contributed by atoms with E-state index in [4.69, 9.17) is 0 Å². The van der Waals surface area contributed by atoms with E-state index in [1.165, 1.54) is 18.4 Å². The fraction of sp³-hybridized carbons (Fsp3) is 0.500. The van der Waals surface area contributed by atoms with Crippen molar-refractivity contribution in [3.05, 3.63) is 29.6 Å². The first kappa shape index (κ1) is 9.16. The fourth-order valence-corrected chi connectivity index (χ4v) is 2.16. The SMILES string of the molecule is Fc1ccc2c(c1)NCC(NC1CC1)C2. The molecule has 1 unspecified atom stereocenters. The summed E-state index contributed by atoms with van der Waals surface area (Å²) in [5.74, 6) is -0.158. The van der Waals surface area contributed by atoms with Crippen molar-refractivity contribution in [3.63, 3.8) is 0 Å². The number of hydrogen-bond donors (Lipinski definition) is 2. The lowest BCUT2D eigenvalue weighted by Crippen LogP contribution is -2.41. The highest BCUT2D eigenvalue weighted by atomic mass is 19.1. The van der Waals surface area contributed by atoms with Gasteiger partial charge in [0.2, 0.25) is 0 Å². The lowest BCUT2D eigenvalue weighted by atomic mass is 9.99. The van der Waals surface area contributed by atoms with E-state index in [1.807, 2.05) is 6.07 Å². The summed E-state index contributed by atoms with van der Waals surface area (Å²) in [6.07, 6.45) is 3.64. The number of benzene rings is 1. The molecule has 0 spiro atoms. The zero-order valence-electron chi connectivity index (χ0n) is 8.59. The number of fused-ring (bicyclic) bond motifs is 1. The van der Waals surface area contributed by atoms with Gasteiger partial charge in [-0.25, -0.2) is 4.39 Å². The molecule has 2 nitrogen and oxygen atoms in total. The minimum atomic E-state index is -0.158. The Morgan fingerprint density at radius 1 is 1.27 bits per heavy atom. The van der Waals surface area contributed by atoms with Gasteiger partial charge in [0, 0.05) is 24.3 Å². The van der Waals surface area contributed by atoms with Crippen LogP contribution in [0.5, 0.6) is 0 Å². The van der Waals surface area contributed by atoms with E-state index in [9.17, 15) is 4.39 Å². The zero-order valence-corrected chi connectivity index (χ0v) is 8.59. The summed E-state index contributed by atoms with van der Waals surface area (Å²) in [6, 6.07) is 6.26. The molecule has 2 aliphatic rings. The van der Waals surface area contributed by atoms with Crippen molar-refractivity contribution in [3.8, 4) is 0 Å². The molecule has 1 fully saturated rings. The largest absolute Gasteiger partial charge is 0.383 e. The van der Waals surface area contributed by atoms with E-state index < -0.39 is 0 Å². The van der Waals surface area contributed by atoms with Crippen LogP contribution in [0.25, 0.3) is 0 Å². The molecule has 1 heterocycles. The summed E-state index contributed by atoms with van der Waals surface area (Å²) < 4.78 is 13.0. The zero-order chi connectivity index (χ0) is 10.3. The number of nitrogens with one attached hydrogen (secondary N) is 2. The van der Waals surface area contributed by atoms with Crippen LogP contribution in [0, 0.1) is 5.82 Å². The van der Waals surface area contributed by atoms with Crippen LogP contribution in [0.1, 0.15) is 18.4 Å². The summed E-state index contributed by atoms with van der Waals surface area (Å²) >= 11 is 0. The maximum atomic E-state index is 13.0. The highest BCUT2D eigenvalue weighted by Crippen LogP contribution is 2.25. The first-order valence-corrected chi connectivity index (χ1v) is 5.59. The summed E-state index contributed by atoms with van der Waals surface area (Å²) in [5, 5.41) is 6.88. The number of anilines is 1. The lowest BCUT2D eigenvalue weighted by Gasteiger charge is -2.27. The van der Waals surface area contributed by atoms with Gasteiger partial charge >= 0.3 is 0 Å². The predicted molar refractivity (Wildman–Crippen MR) is 58.5 cm³/mol. The molecule has 0 bridgehead atoms. The van der Waals surface area contributed by atoms with Crippen molar-refractivity contribution in [1.29, 1.82) is 0 Å². The normalized spacial score (nSPS) is 24.5. The smallest absolute Gasteiger partial charge is 0.125 e. The molecule has 1 atom stereocenters. The van der Waals surface area contributed by atoms with E-state index in [0.29, 0.717) is 6.04 Å². The standard InChI is InChI=1S/C12H15FN2/c13-9-2-1-8-5-11(15-10-3-4-10)7-14-12(8)6-9/h1-2,6,10-11,14-15H,3-5,7H2. The summed E-state index contributed by atoms with van der Waals surface area (Å²) in [7, 11) is 0. The summed E-state index contributed by atoms with van der Waals surface area (Å²) in [5.41, 5.74) is 2.18. The fourth-order valence-electron chi connectivity index (χ4n) is 2.16. The molecular weight excluding hydrogens is 191 g/mol. The Morgan fingerprint density at radius 2 is 2.13 bits per heavy atom. The Balaban J connectivity index is 1.74. The Morgan fingerprint density at radius 3 is 2.93 bits per heavy atom. The number of hydrogen-bond acceptors (Lipinski definition) is 2. The average molecular weight is 206 g/mol. The van der Waals surface area contributed by atoms with Crippen molar-refractivity contribution in [2.24, 2.45) is 0 Å². The minimum Gasteiger partial charge on any atom is -0.383 e. The van der Waals surface area contributed by atoms with Gasteiger partial charge in [-0.3, -0.25) is 0 Å². The first-order valence-electron chi connectivity index (χ1n) is 5.59. The molecular formula is C12H15FN2. The van der Waals surface area contributed by atoms with E-state index in [1.54, 1.807) is 12.1 Å². The van der Waals surface area contributed by atoms with E-state index in [0.717, 1.165) is 24.7 Å². The Hall–Kier alpha value is -1.09. The summed E-state index contributed by atoms with van der Waals surface area (Å²) in [6.45, 7) is 0.910. The molecule has 0 amide bonds. The summed E-state index contributed by atoms with van der Waals surface area (Å²) in [4.78, 5) is 0. The molecule has 0 saturated heterocycles. The third-order valence-corrected chi connectivity index (χ3v) is 3.13. The molecule has 0 radical (unpaired) electrons. The van der Waals surface area contributed by atoms with Crippen LogP contribution in [0.2, 0.25) is 0 Å². The van der Waals surface area contributed by atoms with Gasteiger partial charge in [-0.1, -0.05) is 6.07 Å². The number of halogens is 1. The van der Waals surface area contributed by atoms with Crippen LogP contribution in [-0.4, -0.2) is 18.6 Å². The minimum absolute atomic E-state index is 0.158. The van der Waals surface area contributed by atoms with Gasteiger partial charge < -0.3 is 10.6 Å². The highest BCUT2D eigenvalue weighted by Gasteiger charge is 2.26. The van der Waals surface area contributed by atoms with Crippen molar-refractivity contribution in [1.82, 2.24) is 5.32 Å². The van der Waals surface area contributed by atoms with Gasteiger partial charge in [-0.05, 0) is 37.0 Å². The molecule has 3 heteroatoms. The molecule has 1 aliphatic heterocycles. The highest BCUT2D eigenvalue weighted by molar-refractivity contribution is 5.54. The molecule has 1 saturated carbocycles. The second kappa shape index (κ2) is 3.49. The molecule has 1 aromatic rings. The molecule has 15 heavy (non-hydrogen) atoms. The first-order chi connectivity index (χ1) is 7.31. The Bertz CT molecular complexity index is 374. The molecule has 1 aliphatic carbocycles. The Kier molecular flexibility index (Phi) is 2.13. The average Bonchev–Trinajstić information content (AvgIpc) is 3.02. The van der Waals surface area contributed by atoms with E-state index in [2.05, 4.69) is 10.6 Å². The number of rotatable bonds is 2. The van der Waals surface area contributed by atoms with Crippen molar-refractivity contribution in [2.75, 3.05) is 11.9 Å². The van der Waals surface area contributed by atoms with Crippen LogP contribution >= 0.6 is 0 Å². The molecule has 3 rings (SSSR count). The molecule has 0 aromatic heterocycles. The van der Waals surface area contributed by atoms with E-state index in [-0.39, 0.29) is 5.82 Å². The Labute approximate surface area is 88.9 Å². The van der Waals surface area contributed by atoms with E-state index >= 15 is 0 Å². The van der Waals surface area contributed by atoms with Gasteiger partial charge in [-0.2, -0.15) is 0 Å². The quantitative estimate of drug-likeness (QED) is 0.772. The third-order valence-electron chi connectivity index (χ3n) is 3.13. The van der Waals surface area contributed by atoms with Gasteiger partial charge in [0.05, 0.1) is 0 Å². The van der Waals surface area contributed by atoms with Crippen LogP contribution in [0.15, 0.2) is 18.2 Å². The third kappa shape index (κ3) is 1.97. The van der Waals surface area contributed by atoms with Crippen molar-refractivity contribution >= 4 is 5.69 Å². The monoisotopic (exact) mass is 206 g/mol. The van der Waals surface area contributed by atoms with Gasteiger partial charge in [0.15, 0.2) is 0 Å². The van der Waals surface area contributed by atoms with Crippen LogP contribution in [0.3, 0.4) is 0 Å². The second-order valence-electron chi connectivity index (χ2n) is 4.52. The maximum absolute atomic E-state index is 13.0. The van der Waals surface area contributed by atoms with Gasteiger partial charge in [0.1, 0.15) is 5.82 Å². The van der Waals surface area contributed by atoms with Crippen LogP contribution in [-0.2, 0) is 6.42 Å². The topological polar surface area (TPSA) is 24.1 Å². The van der Waals surface area contributed by atoms with Gasteiger partial charge in [0.25, 0.3) is 0 Å².